The van der Waals surface area contributed by atoms with Crippen LogP contribution in [0.3, 0.4) is 0 Å². The number of nitrogens with zero attached hydrogens (tertiary/aromatic N) is 2. The van der Waals surface area contributed by atoms with E-state index in [1.807, 2.05) is 6.07 Å². The fourth-order valence-corrected chi connectivity index (χ4v) is 5.39. The number of hydrogen-bond donors (Lipinski definition) is 3. The van der Waals surface area contributed by atoms with Crippen LogP contribution < -0.4 is 5.32 Å². The lowest BCUT2D eigenvalue weighted by molar-refractivity contribution is 0.0794. The SMILES string of the molecule is CC(C)(O)c1cc2nc(C3CCC(CO)CC3)sc2cc1NC(=O)c1ccc(C(F)F)nc1. The number of benzene rings is 1. The zero-order valence-electron chi connectivity index (χ0n) is 18.5. The fraction of sp³-hybridized carbons (Fsp3) is 0.458. The number of anilines is 1. The van der Waals surface area contributed by atoms with Gasteiger partial charge in [-0.3, -0.25) is 9.78 Å². The molecular weight excluding hydrogens is 448 g/mol. The van der Waals surface area contributed by atoms with E-state index in [-0.39, 0.29) is 12.2 Å². The molecule has 0 radical (unpaired) electrons. The van der Waals surface area contributed by atoms with E-state index in [1.54, 1.807) is 31.3 Å². The van der Waals surface area contributed by atoms with Crippen molar-refractivity contribution in [2.45, 2.75) is 57.5 Å². The number of aliphatic hydroxyl groups is 2. The van der Waals surface area contributed by atoms with Gasteiger partial charge in [0.25, 0.3) is 12.3 Å². The van der Waals surface area contributed by atoms with E-state index in [1.165, 1.54) is 6.07 Å². The smallest absolute Gasteiger partial charge is 0.280 e. The summed E-state index contributed by atoms with van der Waals surface area (Å²) in [5.41, 5.74) is 0.232. The van der Waals surface area contributed by atoms with Crippen LogP contribution in [0.1, 0.15) is 78.5 Å². The number of rotatable bonds is 6. The first-order valence-electron chi connectivity index (χ1n) is 11.0. The van der Waals surface area contributed by atoms with Crippen LogP contribution in [0.2, 0.25) is 0 Å². The van der Waals surface area contributed by atoms with Crippen molar-refractivity contribution >= 4 is 33.1 Å². The highest BCUT2D eigenvalue weighted by Crippen LogP contribution is 2.41. The Kier molecular flexibility index (Phi) is 6.74. The molecule has 3 N–H and O–H groups in total. The average molecular weight is 476 g/mol. The Morgan fingerprint density at radius 1 is 1.24 bits per heavy atom. The molecule has 4 rings (SSSR count). The molecule has 176 valence electrons. The van der Waals surface area contributed by atoms with Crippen molar-refractivity contribution in [2.24, 2.45) is 5.92 Å². The van der Waals surface area contributed by atoms with Gasteiger partial charge in [-0.25, -0.2) is 13.8 Å². The first kappa shape index (κ1) is 23.7. The van der Waals surface area contributed by atoms with Crippen LogP contribution in [0.5, 0.6) is 0 Å². The maximum absolute atomic E-state index is 12.8. The number of alkyl halides is 2. The number of pyridine rings is 1. The van der Waals surface area contributed by atoms with Crippen LogP contribution in [0.25, 0.3) is 10.2 Å². The summed E-state index contributed by atoms with van der Waals surface area (Å²) in [6.07, 6.45) is 2.33. The Hall–Kier alpha value is -2.49. The molecule has 0 bridgehead atoms. The molecule has 1 aliphatic carbocycles. The highest BCUT2D eigenvalue weighted by Gasteiger charge is 2.27. The number of thiazole rings is 1. The number of halogens is 2. The third-order valence-corrected chi connectivity index (χ3v) is 7.36. The normalized spacial score (nSPS) is 19.2. The van der Waals surface area contributed by atoms with Gasteiger partial charge >= 0.3 is 0 Å². The van der Waals surface area contributed by atoms with Crippen LogP contribution in [0.4, 0.5) is 14.5 Å². The van der Waals surface area contributed by atoms with Gasteiger partial charge in [-0.15, -0.1) is 11.3 Å². The zero-order valence-corrected chi connectivity index (χ0v) is 19.3. The molecule has 2 aromatic heterocycles. The van der Waals surface area contributed by atoms with E-state index >= 15 is 0 Å². The number of carbonyl (C=O) groups is 1. The molecule has 9 heteroatoms. The summed E-state index contributed by atoms with van der Waals surface area (Å²) in [6, 6.07) is 6.03. The van der Waals surface area contributed by atoms with Crippen LogP contribution in [0.15, 0.2) is 30.5 Å². The van der Waals surface area contributed by atoms with Crippen molar-refractivity contribution in [1.29, 1.82) is 0 Å². The summed E-state index contributed by atoms with van der Waals surface area (Å²) >= 11 is 1.57. The lowest BCUT2D eigenvalue weighted by Gasteiger charge is -2.25. The number of amides is 1. The minimum absolute atomic E-state index is 0.145. The van der Waals surface area contributed by atoms with E-state index < -0.39 is 23.6 Å². The quantitative estimate of drug-likeness (QED) is 0.445. The number of aromatic nitrogens is 2. The molecule has 1 fully saturated rings. The largest absolute Gasteiger partial charge is 0.396 e. The number of hydrogen-bond acceptors (Lipinski definition) is 6. The van der Waals surface area contributed by atoms with Gasteiger partial charge < -0.3 is 15.5 Å². The molecule has 0 unspecified atom stereocenters. The summed E-state index contributed by atoms with van der Waals surface area (Å²) in [6.45, 7) is 3.49. The van der Waals surface area contributed by atoms with Crippen molar-refractivity contribution in [2.75, 3.05) is 11.9 Å². The van der Waals surface area contributed by atoms with Crippen LogP contribution >= 0.6 is 11.3 Å². The average Bonchev–Trinajstić information content (AvgIpc) is 3.21. The zero-order chi connectivity index (χ0) is 23.8. The minimum atomic E-state index is -2.70. The maximum atomic E-state index is 12.8. The van der Waals surface area contributed by atoms with E-state index in [2.05, 4.69) is 10.3 Å². The molecule has 3 aromatic rings. The van der Waals surface area contributed by atoms with Crippen LogP contribution in [-0.4, -0.2) is 32.7 Å². The van der Waals surface area contributed by atoms with Crippen molar-refractivity contribution in [3.63, 3.8) is 0 Å². The fourth-order valence-electron chi connectivity index (χ4n) is 4.23. The highest BCUT2D eigenvalue weighted by molar-refractivity contribution is 7.18. The third kappa shape index (κ3) is 5.20. The van der Waals surface area contributed by atoms with Crippen LogP contribution in [-0.2, 0) is 5.60 Å². The van der Waals surface area contributed by atoms with Crippen molar-refractivity contribution in [3.8, 4) is 0 Å². The van der Waals surface area contributed by atoms with Gasteiger partial charge in [0, 0.05) is 30.0 Å². The molecule has 1 amide bonds. The lowest BCUT2D eigenvalue weighted by atomic mass is 9.83. The number of aliphatic hydroxyl groups excluding tert-OH is 1. The molecule has 0 atom stereocenters. The second kappa shape index (κ2) is 9.40. The summed E-state index contributed by atoms with van der Waals surface area (Å²) in [5, 5.41) is 23.9. The first-order chi connectivity index (χ1) is 15.7. The van der Waals surface area contributed by atoms with Gasteiger partial charge in [-0.05, 0) is 69.7 Å². The van der Waals surface area contributed by atoms with Gasteiger partial charge in [0.1, 0.15) is 5.69 Å². The topological polar surface area (TPSA) is 95.3 Å². The Labute approximate surface area is 194 Å². The second-order valence-corrected chi connectivity index (χ2v) is 10.2. The Morgan fingerprint density at radius 2 is 1.97 bits per heavy atom. The molecule has 1 aromatic carbocycles. The summed E-state index contributed by atoms with van der Waals surface area (Å²) in [5.74, 6) is 0.206. The molecule has 1 saturated carbocycles. The predicted molar refractivity (Wildman–Crippen MR) is 124 cm³/mol. The Balaban J connectivity index is 1.63. The summed E-state index contributed by atoms with van der Waals surface area (Å²) in [7, 11) is 0. The molecule has 2 heterocycles. The van der Waals surface area contributed by atoms with Gasteiger partial charge in [-0.2, -0.15) is 0 Å². The van der Waals surface area contributed by atoms with Crippen LogP contribution in [0, 0.1) is 5.92 Å². The third-order valence-electron chi connectivity index (χ3n) is 6.18. The van der Waals surface area contributed by atoms with Gasteiger partial charge in [-0.1, -0.05) is 0 Å². The molecule has 0 aliphatic heterocycles. The van der Waals surface area contributed by atoms with Gasteiger partial charge in [0.15, 0.2) is 0 Å². The Bertz CT molecular complexity index is 1130. The maximum Gasteiger partial charge on any atom is 0.280 e. The molecule has 1 aliphatic rings. The van der Waals surface area contributed by atoms with E-state index in [9.17, 15) is 23.8 Å². The van der Waals surface area contributed by atoms with Crippen molar-refractivity contribution in [3.05, 3.63) is 52.3 Å². The second-order valence-electron chi connectivity index (χ2n) is 9.10. The van der Waals surface area contributed by atoms with Gasteiger partial charge in [0.05, 0.1) is 26.4 Å². The van der Waals surface area contributed by atoms with E-state index in [4.69, 9.17) is 4.98 Å². The minimum Gasteiger partial charge on any atom is -0.396 e. The lowest BCUT2D eigenvalue weighted by Crippen LogP contribution is -2.21. The molecule has 33 heavy (non-hydrogen) atoms. The van der Waals surface area contributed by atoms with E-state index in [0.29, 0.717) is 23.1 Å². The first-order valence-corrected chi connectivity index (χ1v) is 11.8. The molecular formula is C24H27F2N3O3S. The summed E-state index contributed by atoms with van der Waals surface area (Å²) in [4.78, 5) is 21.2. The van der Waals surface area contributed by atoms with Crippen molar-refractivity contribution in [1.82, 2.24) is 9.97 Å². The molecule has 0 saturated heterocycles. The molecule has 0 spiro atoms. The highest BCUT2D eigenvalue weighted by atomic mass is 32.1. The predicted octanol–water partition coefficient (Wildman–Crippen LogP) is 5.37. The monoisotopic (exact) mass is 475 g/mol. The Morgan fingerprint density at radius 3 is 2.55 bits per heavy atom. The number of carbonyl (C=O) groups excluding carboxylic acids is 1. The number of fused-ring (bicyclic) bond motifs is 1. The summed E-state index contributed by atoms with van der Waals surface area (Å²) < 4.78 is 26.4. The molecule has 6 nitrogen and oxygen atoms in total. The standard InChI is InChI=1S/C24H27F2N3O3S/c1-24(2,32)16-9-19-20(33-23(29-19)14-5-3-13(12-30)4-6-14)10-18(16)28-22(31)15-7-8-17(21(25)26)27-11-15/h7-11,13-14,21,30,32H,3-6,12H2,1-2H3,(H,28,31). The van der Waals surface area contributed by atoms with E-state index in [0.717, 1.165) is 53.2 Å². The number of nitrogens with one attached hydrogen (secondary N) is 1. The van der Waals surface area contributed by atoms with Crippen molar-refractivity contribution < 1.29 is 23.8 Å². The van der Waals surface area contributed by atoms with Gasteiger partial charge in [0.2, 0.25) is 0 Å².